The van der Waals surface area contributed by atoms with Gasteiger partial charge in [-0.25, -0.2) is 5.01 Å². The summed E-state index contributed by atoms with van der Waals surface area (Å²) in [5.74, 6) is 0.765. The van der Waals surface area contributed by atoms with Gasteiger partial charge in [-0.15, -0.1) is 0 Å². The van der Waals surface area contributed by atoms with Gasteiger partial charge in [0.05, 0.1) is 46.6 Å². The number of hydrogen-bond donors (Lipinski definition) is 1. The maximum absolute atomic E-state index is 13.0. The summed E-state index contributed by atoms with van der Waals surface area (Å²) in [7, 11) is 6.18. The highest BCUT2D eigenvalue weighted by molar-refractivity contribution is 6.05. The Bertz CT molecular complexity index is 1040. The number of ether oxygens (including phenoxy) is 4. The molecule has 0 bridgehead atoms. The lowest BCUT2D eigenvalue weighted by Crippen LogP contribution is -2.27. The molecular weight excluding hydrogens is 416 g/mol. The van der Waals surface area contributed by atoms with Crippen molar-refractivity contribution in [3.05, 3.63) is 47.5 Å². The highest BCUT2D eigenvalue weighted by Gasteiger charge is 2.36. The van der Waals surface area contributed by atoms with Gasteiger partial charge in [-0.1, -0.05) is 12.1 Å². The molecule has 0 unspecified atom stereocenters. The van der Waals surface area contributed by atoms with E-state index in [9.17, 15) is 9.59 Å². The van der Waals surface area contributed by atoms with Crippen molar-refractivity contribution >= 4 is 17.6 Å². The van der Waals surface area contributed by atoms with E-state index in [0.717, 1.165) is 0 Å². The van der Waals surface area contributed by atoms with Crippen LogP contribution in [0.3, 0.4) is 0 Å². The number of methoxy groups -OCH3 is 4. The van der Waals surface area contributed by atoms with E-state index >= 15 is 0 Å². The minimum atomic E-state index is -1.05. The molecule has 9 heteroatoms. The molecule has 0 radical (unpaired) electrons. The quantitative estimate of drug-likeness (QED) is 0.635. The van der Waals surface area contributed by atoms with Crippen LogP contribution in [-0.4, -0.2) is 56.1 Å². The topological polar surface area (TPSA) is 107 Å². The summed E-state index contributed by atoms with van der Waals surface area (Å²) in [5.41, 5.74) is 2.00. The summed E-state index contributed by atoms with van der Waals surface area (Å²) < 4.78 is 21.8. The van der Waals surface area contributed by atoms with E-state index in [1.165, 1.54) is 19.2 Å². The van der Waals surface area contributed by atoms with Crippen LogP contribution in [0.5, 0.6) is 23.0 Å². The summed E-state index contributed by atoms with van der Waals surface area (Å²) in [6.45, 7) is 0. The first-order chi connectivity index (χ1) is 15.4. The Labute approximate surface area is 186 Å². The van der Waals surface area contributed by atoms with Gasteiger partial charge < -0.3 is 24.1 Å². The van der Waals surface area contributed by atoms with Crippen molar-refractivity contribution in [1.82, 2.24) is 5.01 Å². The Morgan fingerprint density at radius 1 is 1.00 bits per heavy atom. The minimum Gasteiger partial charge on any atom is -0.497 e. The smallest absolute Gasteiger partial charge is 0.303 e. The molecule has 0 saturated carbocycles. The number of carboxylic acids is 1. The zero-order valence-corrected chi connectivity index (χ0v) is 18.5. The summed E-state index contributed by atoms with van der Waals surface area (Å²) in [6, 6.07) is 10.2. The van der Waals surface area contributed by atoms with Gasteiger partial charge in [-0.3, -0.25) is 9.59 Å². The first kappa shape index (κ1) is 22.9. The second kappa shape index (κ2) is 10.0. The number of carboxylic acid groups (broad SMARTS) is 1. The van der Waals surface area contributed by atoms with Gasteiger partial charge in [0.15, 0.2) is 11.5 Å². The summed E-state index contributed by atoms with van der Waals surface area (Å²) in [5, 5.41) is 14.9. The van der Waals surface area contributed by atoms with Crippen LogP contribution < -0.4 is 18.9 Å². The second-order valence-electron chi connectivity index (χ2n) is 7.05. The van der Waals surface area contributed by atoms with Crippen LogP contribution in [0, 0.1) is 0 Å². The van der Waals surface area contributed by atoms with Crippen molar-refractivity contribution in [3.63, 3.8) is 0 Å². The molecule has 2 aromatic carbocycles. The van der Waals surface area contributed by atoms with Crippen LogP contribution in [0.15, 0.2) is 41.5 Å². The Balaban J connectivity index is 2.07. The van der Waals surface area contributed by atoms with Crippen molar-refractivity contribution in [2.45, 2.75) is 25.3 Å². The Hall–Kier alpha value is -3.75. The van der Waals surface area contributed by atoms with E-state index in [2.05, 4.69) is 5.10 Å². The highest BCUT2D eigenvalue weighted by atomic mass is 16.5. The van der Waals surface area contributed by atoms with Crippen molar-refractivity contribution in [2.75, 3.05) is 28.4 Å². The highest BCUT2D eigenvalue weighted by Crippen LogP contribution is 2.43. The fourth-order valence-electron chi connectivity index (χ4n) is 3.69. The maximum Gasteiger partial charge on any atom is 0.303 e. The monoisotopic (exact) mass is 442 g/mol. The van der Waals surface area contributed by atoms with Crippen LogP contribution in [0.4, 0.5) is 0 Å². The van der Waals surface area contributed by atoms with E-state index in [1.807, 2.05) is 6.07 Å². The fraction of sp³-hybridized carbons (Fsp3) is 0.348. The number of aliphatic carboxylic acids is 1. The van der Waals surface area contributed by atoms with E-state index < -0.39 is 17.9 Å². The lowest BCUT2D eigenvalue weighted by atomic mass is 9.96. The molecule has 0 aromatic heterocycles. The number of nitrogens with zero attached hydrogens (tertiary/aromatic N) is 2. The van der Waals surface area contributed by atoms with E-state index in [-0.39, 0.29) is 12.8 Å². The molecule has 1 aliphatic rings. The van der Waals surface area contributed by atoms with Crippen molar-refractivity contribution in [3.8, 4) is 23.0 Å². The van der Waals surface area contributed by atoms with Crippen LogP contribution in [0.1, 0.15) is 36.4 Å². The van der Waals surface area contributed by atoms with Crippen molar-refractivity contribution < 1.29 is 33.6 Å². The lowest BCUT2D eigenvalue weighted by Gasteiger charge is -2.24. The number of hydrogen-bond acceptors (Lipinski definition) is 7. The average molecular weight is 442 g/mol. The summed E-state index contributed by atoms with van der Waals surface area (Å²) >= 11 is 0. The zero-order valence-electron chi connectivity index (χ0n) is 18.5. The molecule has 32 heavy (non-hydrogen) atoms. The summed E-state index contributed by atoms with van der Waals surface area (Å²) in [4.78, 5) is 24.0. The number of para-hydroxylation sites is 1. The fourth-order valence-corrected chi connectivity index (χ4v) is 3.69. The van der Waals surface area contributed by atoms with Gasteiger partial charge >= 0.3 is 5.97 Å². The Morgan fingerprint density at radius 2 is 1.75 bits per heavy atom. The molecule has 0 fully saturated rings. The van der Waals surface area contributed by atoms with E-state index in [4.69, 9.17) is 24.1 Å². The van der Waals surface area contributed by atoms with Crippen LogP contribution in [0.2, 0.25) is 0 Å². The van der Waals surface area contributed by atoms with Crippen LogP contribution in [-0.2, 0) is 9.59 Å². The zero-order chi connectivity index (χ0) is 23.3. The van der Waals surface area contributed by atoms with Gasteiger partial charge in [0.1, 0.15) is 11.5 Å². The molecule has 9 nitrogen and oxygen atoms in total. The number of rotatable bonds is 9. The number of carbonyl (C=O) groups is 2. The first-order valence-electron chi connectivity index (χ1n) is 9.98. The molecule has 2 aromatic rings. The van der Waals surface area contributed by atoms with Crippen molar-refractivity contribution in [1.29, 1.82) is 0 Å². The molecule has 170 valence electrons. The largest absolute Gasteiger partial charge is 0.497 e. The van der Waals surface area contributed by atoms with Gasteiger partial charge in [0, 0.05) is 24.0 Å². The number of carbonyl (C=O) groups excluding carboxylic acids is 1. The van der Waals surface area contributed by atoms with Crippen molar-refractivity contribution in [2.24, 2.45) is 5.10 Å². The molecule has 0 spiro atoms. The van der Waals surface area contributed by atoms with Crippen LogP contribution >= 0.6 is 0 Å². The lowest BCUT2D eigenvalue weighted by molar-refractivity contribution is -0.141. The molecule has 1 aliphatic heterocycles. The van der Waals surface area contributed by atoms with E-state index in [1.54, 1.807) is 44.6 Å². The molecule has 0 aliphatic carbocycles. The number of amides is 1. The second-order valence-corrected chi connectivity index (χ2v) is 7.05. The molecule has 0 saturated heterocycles. The number of benzene rings is 2. The van der Waals surface area contributed by atoms with Gasteiger partial charge in [0.2, 0.25) is 5.91 Å². The van der Waals surface area contributed by atoms with Gasteiger partial charge in [-0.2, -0.15) is 5.10 Å². The predicted molar refractivity (Wildman–Crippen MR) is 117 cm³/mol. The van der Waals surface area contributed by atoms with E-state index in [0.29, 0.717) is 46.3 Å². The molecule has 1 atom stereocenters. The average Bonchev–Trinajstić information content (AvgIpc) is 3.26. The molecule has 3 rings (SSSR count). The van der Waals surface area contributed by atoms with Gasteiger partial charge in [0.25, 0.3) is 0 Å². The first-order valence-corrected chi connectivity index (χ1v) is 9.98. The Kier molecular flexibility index (Phi) is 7.19. The maximum atomic E-state index is 13.0. The molecular formula is C23H26N2O7. The van der Waals surface area contributed by atoms with Crippen LogP contribution in [0.25, 0.3) is 0 Å². The third-order valence-corrected chi connectivity index (χ3v) is 5.23. The van der Waals surface area contributed by atoms with Gasteiger partial charge in [-0.05, 0) is 24.3 Å². The standard InChI is InChI=1S/C23H26N2O7/c1-29-14-8-9-19(30-2)16(12-14)17-13-18(25(24-17)21(26)10-11-22(27)28)15-6-5-7-20(31-3)23(15)32-4/h5-9,12,18H,10-11,13H2,1-4H3,(H,27,28)/t18-/m0/s1. The third kappa shape index (κ3) is 4.61. The molecule has 1 heterocycles. The minimum absolute atomic E-state index is 0.176. The summed E-state index contributed by atoms with van der Waals surface area (Å²) in [6.07, 6.45) is -0.0966. The molecule has 1 N–H and O–H groups in total. The Morgan fingerprint density at radius 3 is 2.38 bits per heavy atom. The molecule has 1 amide bonds. The number of hydrazone groups is 1. The third-order valence-electron chi connectivity index (χ3n) is 5.23. The predicted octanol–water partition coefficient (Wildman–Crippen LogP) is 3.26. The normalized spacial score (nSPS) is 15.2. The SMILES string of the molecule is COc1ccc(OC)c(C2=NN(C(=O)CCC(=O)O)[C@H](c3cccc(OC)c3OC)C2)c1.